The summed E-state index contributed by atoms with van der Waals surface area (Å²) in [6.45, 7) is 15.5. The van der Waals surface area contributed by atoms with Crippen LogP contribution in [0.3, 0.4) is 0 Å². The van der Waals surface area contributed by atoms with Crippen molar-refractivity contribution in [1.82, 2.24) is 45.9 Å². The molecule has 3 heterocycles. The normalized spacial score (nSPS) is 20.8. The standard InChI is InChI=1S/2C20H23F2N3O3.C20H21F2N3O3.B.Na.H/c3*1-20(2,3)28-19(27)25-16-12(11-5-4-6-13(21)15(11)22)7-8-14(26)17-18(16)24-10-9-23-17;;;/h2*4-6,9-10,12,14,16,26H,7-8H2,1-3H3,(H,25,27);4-6,9-10,12,16H,7-8H2,1-3H3,(H,25,27);;;/q;;;;+1;-1/t12-,14+,16-;12-,14-,16-;12-,16-;;;/m000.../s1. The Bertz CT molecular complexity index is 3220. The van der Waals surface area contributed by atoms with Gasteiger partial charge in [0.2, 0.25) is 0 Å². The Kier molecular flexibility index (Phi) is 24.0. The number of halogens is 6. The maximum absolute atomic E-state index is 14.6. The summed E-state index contributed by atoms with van der Waals surface area (Å²) in [7, 11) is 0. The minimum Gasteiger partial charge on any atom is -1.00 e. The van der Waals surface area contributed by atoms with Crippen LogP contribution in [0.2, 0.25) is 0 Å². The van der Waals surface area contributed by atoms with Crippen LogP contribution in [0.4, 0.5) is 40.7 Å². The van der Waals surface area contributed by atoms with Crippen LogP contribution in [0.1, 0.15) is 206 Å². The number of ether oxygens (including phenoxy) is 3. The Morgan fingerprint density at radius 1 is 0.465 bits per heavy atom. The molecule has 0 fully saturated rings. The van der Waals surface area contributed by atoms with Crippen LogP contribution in [-0.4, -0.2) is 89.4 Å². The second-order valence-electron chi connectivity index (χ2n) is 23.2. The van der Waals surface area contributed by atoms with Crippen LogP contribution in [0.5, 0.6) is 0 Å². The van der Waals surface area contributed by atoms with Gasteiger partial charge in [0, 0.05) is 69.8 Å². The van der Waals surface area contributed by atoms with Crippen LogP contribution in [-0.2, 0) is 14.2 Å². The van der Waals surface area contributed by atoms with Crippen LogP contribution < -0.4 is 45.5 Å². The zero-order valence-corrected chi connectivity index (χ0v) is 51.3. The van der Waals surface area contributed by atoms with Crippen molar-refractivity contribution in [3.8, 4) is 0 Å². The molecule has 3 aromatic carbocycles. The van der Waals surface area contributed by atoms with Crippen LogP contribution in [0.25, 0.3) is 0 Å². The molecule has 0 aliphatic heterocycles. The van der Waals surface area contributed by atoms with E-state index in [0.717, 1.165) is 18.2 Å². The summed E-state index contributed by atoms with van der Waals surface area (Å²) in [5, 5.41) is 29.0. The van der Waals surface area contributed by atoms with E-state index in [1.807, 2.05) is 0 Å². The minimum atomic E-state index is -1.01. The van der Waals surface area contributed by atoms with E-state index < -0.39 is 118 Å². The van der Waals surface area contributed by atoms with E-state index in [1.165, 1.54) is 73.6 Å². The Morgan fingerprint density at radius 3 is 1.09 bits per heavy atom. The van der Waals surface area contributed by atoms with Crippen molar-refractivity contribution < 1.29 is 101 Å². The summed E-state index contributed by atoms with van der Waals surface area (Å²) in [6, 6.07) is 9.12. The molecule has 3 amide bonds. The molecule has 3 aromatic heterocycles. The second-order valence-corrected chi connectivity index (χ2v) is 23.2. The number of ketones is 1. The molecule has 26 heteroatoms. The first kappa shape index (κ1) is 69.7. The molecular weight excluding hydrogens is 1140 g/mol. The molecule has 453 valence electrons. The first-order valence-corrected chi connectivity index (χ1v) is 27.1. The van der Waals surface area contributed by atoms with Crippen molar-refractivity contribution in [1.29, 1.82) is 0 Å². The number of carbonyl (C=O) groups is 4. The molecule has 0 saturated heterocycles. The number of rotatable bonds is 6. The van der Waals surface area contributed by atoms with Gasteiger partial charge in [-0.2, -0.15) is 0 Å². The van der Waals surface area contributed by atoms with Gasteiger partial charge in [-0.15, -0.1) is 0 Å². The van der Waals surface area contributed by atoms with E-state index in [2.05, 4.69) is 45.9 Å². The van der Waals surface area contributed by atoms with E-state index in [-0.39, 0.29) is 98.9 Å². The van der Waals surface area contributed by atoms with Gasteiger partial charge in [0.05, 0.1) is 58.8 Å². The third-order valence-electron chi connectivity index (χ3n) is 13.6. The quantitative estimate of drug-likeness (QED) is 0.0453. The fraction of sp³-hybridized carbons (Fsp3) is 0.433. The van der Waals surface area contributed by atoms with E-state index in [9.17, 15) is 55.7 Å². The maximum Gasteiger partial charge on any atom is 1.00 e. The number of aliphatic hydroxyl groups excluding tert-OH is 2. The molecule has 0 unspecified atom stereocenters. The topological polar surface area (TPSA) is 250 Å². The van der Waals surface area contributed by atoms with Crippen molar-refractivity contribution in [2.45, 2.75) is 166 Å². The predicted octanol–water partition coefficient (Wildman–Crippen LogP) is 8.68. The SMILES string of the molecule is CC(C)(C)OC(=O)N[C@@H]1c2nccnc2C(=O)CC[C@H]1c1cccc(F)c1F.CC(C)(C)OC(=O)N[C@@H]1c2nccnc2[C@@H](O)CC[C@H]1c1cccc(F)c1F.CC(C)(C)OC(=O)N[C@@H]1c2nccnc2[C@H](O)CC[C@H]1c1cccc(F)c1F.[B].[H-].[Na+]. The molecule has 0 saturated carbocycles. The molecule has 3 radical (unpaired) electrons. The number of nitrogens with one attached hydrogen (secondary N) is 3. The monoisotopic (exact) mass is 1210 g/mol. The molecule has 5 N–H and O–H groups in total. The van der Waals surface area contributed by atoms with Crippen molar-refractivity contribution in [3.05, 3.63) is 178 Å². The van der Waals surface area contributed by atoms with Crippen molar-refractivity contribution >= 4 is 32.5 Å². The number of aliphatic hydroxyl groups is 2. The molecule has 18 nitrogen and oxygen atoms in total. The zero-order valence-electron chi connectivity index (χ0n) is 50.3. The van der Waals surface area contributed by atoms with Crippen LogP contribution >= 0.6 is 0 Å². The Hall–Kier alpha value is -7.06. The Morgan fingerprint density at radius 2 is 0.756 bits per heavy atom. The van der Waals surface area contributed by atoms with E-state index in [4.69, 9.17) is 14.2 Å². The van der Waals surface area contributed by atoms with Crippen molar-refractivity contribution in [2.75, 3.05) is 0 Å². The summed E-state index contributed by atoms with van der Waals surface area (Å²) >= 11 is 0. The first-order valence-electron chi connectivity index (χ1n) is 27.1. The average molecular weight is 1210 g/mol. The number of fused-ring (bicyclic) bond motifs is 3. The number of Topliss-reactive ketones (excluding diaryl/α,β-unsaturated/α-hetero) is 1. The molecule has 8 atom stereocenters. The summed E-state index contributed by atoms with van der Waals surface area (Å²) in [4.78, 5) is 75.0. The molecule has 9 rings (SSSR count). The van der Waals surface area contributed by atoms with Gasteiger partial charge in [0.25, 0.3) is 0 Å². The summed E-state index contributed by atoms with van der Waals surface area (Å²) in [5.74, 6) is -8.21. The van der Waals surface area contributed by atoms with Gasteiger partial charge in [0.1, 0.15) is 22.5 Å². The summed E-state index contributed by atoms with van der Waals surface area (Å²) in [6.07, 6.45) is 5.86. The van der Waals surface area contributed by atoms with Crippen LogP contribution in [0, 0.1) is 34.9 Å². The third kappa shape index (κ3) is 17.8. The van der Waals surface area contributed by atoms with Gasteiger partial charge in [-0.3, -0.25) is 29.7 Å². The largest absolute Gasteiger partial charge is 1.00 e. The smallest absolute Gasteiger partial charge is 1.00 e. The number of nitrogens with zero attached hydrogens (tertiary/aromatic N) is 6. The molecule has 3 aliphatic rings. The fourth-order valence-corrected chi connectivity index (χ4v) is 10.2. The maximum atomic E-state index is 14.6. The number of amides is 3. The van der Waals surface area contributed by atoms with Gasteiger partial charge >= 0.3 is 47.8 Å². The molecule has 0 spiro atoms. The number of benzene rings is 3. The summed E-state index contributed by atoms with van der Waals surface area (Å²) in [5.41, 5.74) is -0.392. The number of alkyl carbamates (subject to hydrolysis) is 3. The predicted molar refractivity (Wildman–Crippen MR) is 299 cm³/mol. The third-order valence-corrected chi connectivity index (χ3v) is 13.6. The van der Waals surface area contributed by atoms with E-state index >= 15 is 0 Å². The van der Waals surface area contributed by atoms with Gasteiger partial charge in [-0.25, -0.2) is 45.7 Å². The van der Waals surface area contributed by atoms with E-state index in [0.29, 0.717) is 35.6 Å². The van der Waals surface area contributed by atoms with Gasteiger partial charge < -0.3 is 41.8 Å². The minimum absolute atomic E-state index is 0. The zero-order chi connectivity index (χ0) is 61.4. The first-order chi connectivity index (χ1) is 39.5. The van der Waals surface area contributed by atoms with Crippen molar-refractivity contribution in [2.24, 2.45) is 0 Å². The average Bonchev–Trinajstić information content (AvgIpc) is 1.84. The second kappa shape index (κ2) is 29.6. The number of carbonyl (C=O) groups excluding carboxylic acids is 4. The Labute approximate surface area is 519 Å². The van der Waals surface area contributed by atoms with Gasteiger partial charge in [0.15, 0.2) is 40.7 Å². The van der Waals surface area contributed by atoms with Gasteiger partial charge in [-0.1, -0.05) is 36.4 Å². The van der Waals surface area contributed by atoms with Crippen LogP contribution in [0.15, 0.2) is 91.8 Å². The molecule has 6 aromatic rings. The fourth-order valence-electron chi connectivity index (χ4n) is 10.2. The molecule has 3 aliphatic carbocycles. The van der Waals surface area contributed by atoms with Crippen molar-refractivity contribution in [3.63, 3.8) is 0 Å². The van der Waals surface area contributed by atoms with Gasteiger partial charge in [-0.05, 0) is 129 Å². The number of hydrogen-bond acceptors (Lipinski definition) is 15. The molecule has 86 heavy (non-hydrogen) atoms. The molecular formula is C60H68BF6N9NaO9. The number of aromatic nitrogens is 6. The van der Waals surface area contributed by atoms with E-state index in [1.54, 1.807) is 62.3 Å². The summed E-state index contributed by atoms with van der Waals surface area (Å²) < 4.78 is 101. The molecule has 0 bridgehead atoms. The number of hydrogen-bond donors (Lipinski definition) is 5. The Balaban J connectivity index is 0.000000275.